The molecule has 2 aromatic carbocycles. The summed E-state index contributed by atoms with van der Waals surface area (Å²) in [5.41, 5.74) is 1.20. The Morgan fingerprint density at radius 2 is 1.75 bits per heavy atom. The maximum atomic E-state index is 12.6. The summed E-state index contributed by atoms with van der Waals surface area (Å²) in [4.78, 5) is 13.0. The third-order valence-electron chi connectivity index (χ3n) is 4.66. The fourth-order valence-electron chi connectivity index (χ4n) is 2.99. The quantitative estimate of drug-likeness (QED) is 0.434. The van der Waals surface area contributed by atoms with Crippen molar-refractivity contribution in [1.82, 2.24) is 19.5 Å². The molecule has 0 atom stereocenters. The molecule has 10 heteroatoms. The van der Waals surface area contributed by atoms with E-state index in [1.165, 1.54) is 12.1 Å². The van der Waals surface area contributed by atoms with Crippen LogP contribution in [0, 0.1) is 20.8 Å². The van der Waals surface area contributed by atoms with E-state index in [0.29, 0.717) is 34.0 Å². The first kappa shape index (κ1) is 21.8. The lowest BCUT2D eigenvalue weighted by Crippen LogP contribution is -2.13. The van der Waals surface area contributed by atoms with Crippen LogP contribution in [0.3, 0.4) is 0 Å². The third-order valence-corrected chi connectivity index (χ3v) is 6.44. The Bertz CT molecular complexity index is 1390. The number of sulfonamides is 1. The van der Waals surface area contributed by atoms with Crippen molar-refractivity contribution in [2.75, 3.05) is 4.72 Å². The minimum atomic E-state index is -3.77. The number of halogens is 1. The average Bonchev–Trinajstić information content (AvgIpc) is 3.17. The highest BCUT2D eigenvalue weighted by atomic mass is 35.5. The Kier molecular flexibility index (Phi) is 5.86. The maximum Gasteiger partial charge on any atom is 0.261 e. The van der Waals surface area contributed by atoms with Gasteiger partial charge in [-0.2, -0.15) is 4.98 Å². The fourth-order valence-corrected chi connectivity index (χ4v) is 4.32. The largest absolute Gasteiger partial charge is 0.439 e. The fraction of sp³-hybridized carbons (Fsp3) is 0.136. The summed E-state index contributed by atoms with van der Waals surface area (Å²) < 4.78 is 35.5. The highest BCUT2D eigenvalue weighted by Crippen LogP contribution is 2.26. The zero-order chi connectivity index (χ0) is 22.9. The lowest BCUT2D eigenvalue weighted by atomic mass is 10.2. The van der Waals surface area contributed by atoms with Gasteiger partial charge in [0.15, 0.2) is 0 Å². The predicted octanol–water partition coefficient (Wildman–Crippen LogP) is 4.83. The van der Waals surface area contributed by atoms with Crippen LogP contribution in [-0.2, 0) is 10.0 Å². The molecule has 0 saturated heterocycles. The van der Waals surface area contributed by atoms with Gasteiger partial charge < -0.3 is 4.74 Å². The summed E-state index contributed by atoms with van der Waals surface area (Å²) in [6, 6.07) is 12.8. The molecule has 0 aliphatic rings. The molecule has 0 saturated carbocycles. The molecule has 0 spiro atoms. The van der Waals surface area contributed by atoms with E-state index in [1.54, 1.807) is 49.5 Å². The normalized spacial score (nSPS) is 11.4. The van der Waals surface area contributed by atoms with E-state index in [0.717, 1.165) is 11.4 Å². The SMILES string of the molecule is Cc1nc(Oc2ccc(NS(=O)(=O)c3ccc(C)c(Cl)c3)cc2)cc(-n2ccnc2C)n1. The van der Waals surface area contributed by atoms with E-state index >= 15 is 0 Å². The number of rotatable bonds is 6. The third kappa shape index (κ3) is 4.74. The van der Waals surface area contributed by atoms with Crippen LogP contribution < -0.4 is 9.46 Å². The first-order valence-corrected chi connectivity index (χ1v) is 11.5. The molecule has 1 N–H and O–H groups in total. The number of hydrogen-bond acceptors (Lipinski definition) is 6. The van der Waals surface area contributed by atoms with Crippen molar-refractivity contribution >= 4 is 27.3 Å². The summed E-state index contributed by atoms with van der Waals surface area (Å²) in [5.74, 6) is 2.84. The number of aromatic nitrogens is 4. The van der Waals surface area contributed by atoms with Crippen LogP contribution in [0.2, 0.25) is 5.02 Å². The number of ether oxygens (including phenoxy) is 1. The molecule has 164 valence electrons. The number of hydrogen-bond donors (Lipinski definition) is 1. The minimum absolute atomic E-state index is 0.0900. The van der Waals surface area contributed by atoms with E-state index in [9.17, 15) is 8.42 Å². The van der Waals surface area contributed by atoms with Crippen molar-refractivity contribution in [2.24, 2.45) is 0 Å². The van der Waals surface area contributed by atoms with Crippen LogP contribution in [0.1, 0.15) is 17.2 Å². The van der Waals surface area contributed by atoms with Crippen LogP contribution in [0.25, 0.3) is 5.82 Å². The second-order valence-electron chi connectivity index (χ2n) is 7.10. The van der Waals surface area contributed by atoms with Gasteiger partial charge in [0.25, 0.3) is 10.0 Å². The highest BCUT2D eigenvalue weighted by Gasteiger charge is 2.15. The van der Waals surface area contributed by atoms with Gasteiger partial charge in [0.1, 0.15) is 23.2 Å². The highest BCUT2D eigenvalue weighted by molar-refractivity contribution is 7.92. The molecule has 0 unspecified atom stereocenters. The molecule has 2 heterocycles. The molecule has 2 aromatic heterocycles. The Balaban J connectivity index is 1.51. The Morgan fingerprint density at radius 1 is 1.00 bits per heavy atom. The molecule has 0 amide bonds. The van der Waals surface area contributed by atoms with Gasteiger partial charge in [-0.05, 0) is 62.7 Å². The molecular weight excluding hydrogens is 450 g/mol. The van der Waals surface area contributed by atoms with Gasteiger partial charge in [-0.25, -0.2) is 18.4 Å². The zero-order valence-electron chi connectivity index (χ0n) is 17.6. The van der Waals surface area contributed by atoms with E-state index in [2.05, 4.69) is 19.7 Å². The Hall–Kier alpha value is -3.43. The molecule has 32 heavy (non-hydrogen) atoms. The van der Waals surface area contributed by atoms with Crippen molar-refractivity contribution in [2.45, 2.75) is 25.7 Å². The maximum absolute atomic E-state index is 12.6. The van der Waals surface area contributed by atoms with Gasteiger partial charge in [0.2, 0.25) is 5.88 Å². The van der Waals surface area contributed by atoms with Gasteiger partial charge in [-0.15, -0.1) is 0 Å². The first-order chi connectivity index (χ1) is 15.2. The molecule has 0 bridgehead atoms. The van der Waals surface area contributed by atoms with Crippen LogP contribution in [0.4, 0.5) is 5.69 Å². The van der Waals surface area contributed by atoms with E-state index < -0.39 is 10.0 Å². The number of nitrogens with one attached hydrogen (secondary N) is 1. The monoisotopic (exact) mass is 469 g/mol. The van der Waals surface area contributed by atoms with Crippen LogP contribution in [0.15, 0.2) is 65.8 Å². The molecule has 0 radical (unpaired) electrons. The summed E-state index contributed by atoms with van der Waals surface area (Å²) in [7, 11) is -3.77. The van der Waals surface area contributed by atoms with Gasteiger partial charge in [0.05, 0.1) is 4.90 Å². The van der Waals surface area contributed by atoms with E-state index in [4.69, 9.17) is 16.3 Å². The van der Waals surface area contributed by atoms with Crippen molar-refractivity contribution in [1.29, 1.82) is 0 Å². The van der Waals surface area contributed by atoms with Crippen molar-refractivity contribution < 1.29 is 13.2 Å². The first-order valence-electron chi connectivity index (χ1n) is 9.64. The number of anilines is 1. The van der Waals surface area contributed by atoms with E-state index in [1.807, 2.05) is 24.6 Å². The van der Waals surface area contributed by atoms with Crippen LogP contribution in [0.5, 0.6) is 11.6 Å². The number of benzene rings is 2. The van der Waals surface area contributed by atoms with Crippen molar-refractivity contribution in [3.63, 3.8) is 0 Å². The number of imidazole rings is 1. The molecule has 8 nitrogen and oxygen atoms in total. The van der Waals surface area contributed by atoms with Gasteiger partial charge in [0, 0.05) is 29.2 Å². The zero-order valence-corrected chi connectivity index (χ0v) is 19.1. The van der Waals surface area contributed by atoms with Crippen LogP contribution >= 0.6 is 11.6 Å². The topological polar surface area (TPSA) is 99.0 Å². The minimum Gasteiger partial charge on any atom is -0.439 e. The van der Waals surface area contributed by atoms with Gasteiger partial charge in [-0.3, -0.25) is 9.29 Å². The standard InChI is InChI=1S/C22H20ClN5O3S/c1-14-4-9-19(12-20(14)23)32(29,30)27-17-5-7-18(8-6-17)31-22-13-21(25-15(2)26-22)28-11-10-24-16(28)3/h4-13,27H,1-3H3. The van der Waals surface area contributed by atoms with Crippen molar-refractivity contribution in [3.05, 3.63) is 83.2 Å². The van der Waals surface area contributed by atoms with Gasteiger partial charge in [-0.1, -0.05) is 17.7 Å². The number of aryl methyl sites for hydroxylation is 3. The molecule has 4 rings (SSSR count). The Morgan fingerprint density at radius 3 is 2.41 bits per heavy atom. The molecule has 0 aliphatic carbocycles. The molecule has 0 fully saturated rings. The molecule has 4 aromatic rings. The summed E-state index contributed by atoms with van der Waals surface area (Å²) in [5, 5.41) is 0.391. The Labute approximate surface area is 191 Å². The summed E-state index contributed by atoms with van der Waals surface area (Å²) in [6.07, 6.45) is 3.50. The number of nitrogens with zero attached hydrogens (tertiary/aromatic N) is 4. The lowest BCUT2D eigenvalue weighted by molar-refractivity contribution is 0.459. The van der Waals surface area contributed by atoms with E-state index in [-0.39, 0.29) is 4.90 Å². The van der Waals surface area contributed by atoms with Gasteiger partial charge >= 0.3 is 0 Å². The van der Waals surface area contributed by atoms with Crippen LogP contribution in [-0.4, -0.2) is 27.9 Å². The second kappa shape index (κ2) is 8.60. The summed E-state index contributed by atoms with van der Waals surface area (Å²) >= 11 is 6.06. The smallest absolute Gasteiger partial charge is 0.261 e. The van der Waals surface area contributed by atoms with Crippen molar-refractivity contribution in [3.8, 4) is 17.4 Å². The average molecular weight is 470 g/mol. The lowest BCUT2D eigenvalue weighted by Gasteiger charge is -2.11. The molecular formula is C22H20ClN5O3S. The second-order valence-corrected chi connectivity index (χ2v) is 9.19. The molecule has 0 aliphatic heterocycles. The predicted molar refractivity (Wildman–Crippen MR) is 122 cm³/mol. The summed E-state index contributed by atoms with van der Waals surface area (Å²) in [6.45, 7) is 5.46.